The summed E-state index contributed by atoms with van der Waals surface area (Å²) in [6.45, 7) is 0. The SMILES string of the molecule is O=C1NC=NC2C(=O)NN=C12. The van der Waals surface area contributed by atoms with Crippen molar-refractivity contribution in [2.24, 2.45) is 10.1 Å². The first-order valence-corrected chi connectivity index (χ1v) is 2.99. The van der Waals surface area contributed by atoms with Crippen LogP contribution in [0.25, 0.3) is 0 Å². The van der Waals surface area contributed by atoms with E-state index >= 15 is 0 Å². The van der Waals surface area contributed by atoms with Gasteiger partial charge in [0.15, 0.2) is 11.8 Å². The van der Waals surface area contributed by atoms with Gasteiger partial charge in [-0.05, 0) is 0 Å². The van der Waals surface area contributed by atoms with Crippen molar-refractivity contribution in [2.75, 3.05) is 0 Å². The highest BCUT2D eigenvalue weighted by Gasteiger charge is 2.35. The zero-order valence-corrected chi connectivity index (χ0v) is 5.37. The first-order valence-electron chi connectivity index (χ1n) is 2.99. The monoisotopic (exact) mass is 152 g/mol. The molecular formula is C5H4N4O2. The lowest BCUT2D eigenvalue weighted by molar-refractivity contribution is -0.121. The molecule has 0 aromatic heterocycles. The van der Waals surface area contributed by atoms with Crippen LogP contribution >= 0.6 is 0 Å². The number of nitrogens with one attached hydrogen (secondary N) is 2. The van der Waals surface area contributed by atoms with E-state index in [1.54, 1.807) is 0 Å². The molecule has 6 nitrogen and oxygen atoms in total. The van der Waals surface area contributed by atoms with Gasteiger partial charge in [0.25, 0.3) is 11.8 Å². The van der Waals surface area contributed by atoms with Crippen molar-refractivity contribution in [3.8, 4) is 0 Å². The number of rotatable bonds is 0. The predicted octanol–water partition coefficient (Wildman–Crippen LogP) is -2.00. The van der Waals surface area contributed by atoms with Gasteiger partial charge in [0, 0.05) is 0 Å². The average molecular weight is 152 g/mol. The Morgan fingerprint density at radius 3 is 3.00 bits per heavy atom. The molecule has 0 aromatic carbocycles. The van der Waals surface area contributed by atoms with E-state index in [0.29, 0.717) is 0 Å². The lowest BCUT2D eigenvalue weighted by Gasteiger charge is -2.08. The zero-order chi connectivity index (χ0) is 7.84. The van der Waals surface area contributed by atoms with Gasteiger partial charge in [0.1, 0.15) is 0 Å². The van der Waals surface area contributed by atoms with Gasteiger partial charge in [-0.25, -0.2) is 5.43 Å². The molecule has 2 aliphatic rings. The van der Waals surface area contributed by atoms with Gasteiger partial charge in [0.2, 0.25) is 0 Å². The summed E-state index contributed by atoms with van der Waals surface area (Å²) in [5.41, 5.74) is 2.30. The van der Waals surface area contributed by atoms with Crippen molar-refractivity contribution < 1.29 is 9.59 Å². The van der Waals surface area contributed by atoms with Crippen LogP contribution in [0.1, 0.15) is 0 Å². The summed E-state index contributed by atoms with van der Waals surface area (Å²) in [7, 11) is 0. The number of fused-ring (bicyclic) bond motifs is 1. The summed E-state index contributed by atoms with van der Waals surface area (Å²) >= 11 is 0. The summed E-state index contributed by atoms with van der Waals surface area (Å²) in [5, 5.41) is 5.83. The number of carbonyl (C=O) groups excluding carboxylic acids is 2. The van der Waals surface area contributed by atoms with Crippen LogP contribution in [0.15, 0.2) is 10.1 Å². The molecule has 2 aliphatic heterocycles. The maximum absolute atomic E-state index is 10.9. The Balaban J connectivity index is 2.41. The molecule has 1 atom stereocenters. The maximum Gasteiger partial charge on any atom is 0.275 e. The van der Waals surface area contributed by atoms with E-state index in [1.165, 1.54) is 6.34 Å². The maximum atomic E-state index is 10.9. The molecule has 56 valence electrons. The van der Waals surface area contributed by atoms with Gasteiger partial charge in [-0.3, -0.25) is 14.6 Å². The molecule has 0 radical (unpaired) electrons. The molecule has 0 aliphatic carbocycles. The second-order valence-corrected chi connectivity index (χ2v) is 2.13. The molecule has 2 N–H and O–H groups in total. The summed E-state index contributed by atoms with van der Waals surface area (Å²) in [4.78, 5) is 25.5. The number of hydrogen-bond acceptors (Lipinski definition) is 4. The first kappa shape index (κ1) is 6.02. The molecule has 0 spiro atoms. The Kier molecular flexibility index (Phi) is 1.03. The second kappa shape index (κ2) is 1.88. The lowest BCUT2D eigenvalue weighted by atomic mass is 10.1. The van der Waals surface area contributed by atoms with Gasteiger partial charge in [-0.1, -0.05) is 0 Å². The van der Waals surface area contributed by atoms with Gasteiger partial charge < -0.3 is 5.32 Å². The van der Waals surface area contributed by atoms with E-state index in [0.717, 1.165) is 0 Å². The second-order valence-electron chi connectivity index (χ2n) is 2.13. The van der Waals surface area contributed by atoms with E-state index in [2.05, 4.69) is 20.8 Å². The fraction of sp³-hybridized carbons (Fsp3) is 0.200. The van der Waals surface area contributed by atoms with Crippen LogP contribution in [0.3, 0.4) is 0 Å². The van der Waals surface area contributed by atoms with Crippen LogP contribution in [0.5, 0.6) is 0 Å². The average Bonchev–Trinajstić information content (AvgIpc) is 2.35. The molecule has 2 rings (SSSR count). The van der Waals surface area contributed by atoms with E-state index in [4.69, 9.17) is 0 Å². The minimum absolute atomic E-state index is 0.137. The molecular weight excluding hydrogens is 148 g/mol. The van der Waals surface area contributed by atoms with Crippen LogP contribution in [-0.2, 0) is 9.59 Å². The third kappa shape index (κ3) is 0.721. The molecule has 0 fully saturated rings. The largest absolute Gasteiger partial charge is 0.312 e. The zero-order valence-electron chi connectivity index (χ0n) is 5.37. The minimum atomic E-state index is -0.733. The van der Waals surface area contributed by atoms with Crippen molar-refractivity contribution in [3.05, 3.63) is 0 Å². The molecule has 11 heavy (non-hydrogen) atoms. The Labute approximate surface area is 61.4 Å². The molecule has 0 saturated carbocycles. The number of hydrogen-bond donors (Lipinski definition) is 2. The molecule has 0 aromatic rings. The van der Waals surface area contributed by atoms with Gasteiger partial charge in [0.05, 0.1) is 6.34 Å². The smallest absolute Gasteiger partial charge is 0.275 e. The summed E-state index contributed by atoms with van der Waals surface area (Å²) < 4.78 is 0. The molecule has 1 unspecified atom stereocenters. The number of hydrazone groups is 1. The minimum Gasteiger partial charge on any atom is -0.312 e. The lowest BCUT2D eigenvalue weighted by Crippen LogP contribution is -2.42. The highest BCUT2D eigenvalue weighted by Crippen LogP contribution is 2.04. The normalized spacial score (nSPS) is 27.3. The van der Waals surface area contributed by atoms with Gasteiger partial charge in [-0.2, -0.15) is 5.10 Å². The third-order valence-corrected chi connectivity index (χ3v) is 1.45. The Morgan fingerprint density at radius 2 is 2.27 bits per heavy atom. The fourth-order valence-corrected chi connectivity index (χ4v) is 0.919. The highest BCUT2D eigenvalue weighted by molar-refractivity contribution is 6.48. The molecule has 2 amide bonds. The van der Waals surface area contributed by atoms with Gasteiger partial charge >= 0.3 is 0 Å². The summed E-state index contributed by atoms with van der Waals surface area (Å²) in [6.07, 6.45) is 1.21. The van der Waals surface area contributed by atoms with Crippen molar-refractivity contribution in [1.82, 2.24) is 10.7 Å². The molecule has 0 bridgehead atoms. The fourth-order valence-electron chi connectivity index (χ4n) is 0.919. The standard InChI is InChI=1S/C5H4N4O2/c10-4-3-2(6-1-7-4)5(11)9-8-3/h1-2H,(H,9,11)(H,6,7,10). The van der Waals surface area contributed by atoms with Crippen molar-refractivity contribution in [3.63, 3.8) is 0 Å². The van der Waals surface area contributed by atoms with Crippen LogP contribution in [0.4, 0.5) is 0 Å². The number of nitrogens with zero attached hydrogens (tertiary/aromatic N) is 2. The summed E-state index contributed by atoms with van der Waals surface area (Å²) in [6, 6.07) is -0.733. The Morgan fingerprint density at radius 1 is 1.45 bits per heavy atom. The van der Waals surface area contributed by atoms with Crippen LogP contribution in [-0.4, -0.2) is 29.9 Å². The molecule has 0 saturated heterocycles. The molecule has 6 heteroatoms. The Hall–Kier alpha value is -1.72. The van der Waals surface area contributed by atoms with Crippen LogP contribution in [0, 0.1) is 0 Å². The van der Waals surface area contributed by atoms with E-state index in [-0.39, 0.29) is 17.5 Å². The topological polar surface area (TPSA) is 82.9 Å². The predicted molar refractivity (Wildman–Crippen MR) is 36.0 cm³/mol. The van der Waals surface area contributed by atoms with Crippen LogP contribution in [0.2, 0.25) is 0 Å². The van der Waals surface area contributed by atoms with E-state index in [1.807, 2.05) is 0 Å². The van der Waals surface area contributed by atoms with Gasteiger partial charge in [-0.15, -0.1) is 0 Å². The number of aliphatic imine (C=N–C) groups is 1. The van der Waals surface area contributed by atoms with E-state index in [9.17, 15) is 9.59 Å². The highest BCUT2D eigenvalue weighted by atomic mass is 16.2. The summed E-state index contributed by atoms with van der Waals surface area (Å²) in [5.74, 6) is -0.727. The number of amides is 2. The third-order valence-electron chi connectivity index (χ3n) is 1.45. The van der Waals surface area contributed by atoms with E-state index < -0.39 is 6.04 Å². The van der Waals surface area contributed by atoms with Crippen molar-refractivity contribution in [1.29, 1.82) is 0 Å². The van der Waals surface area contributed by atoms with Crippen molar-refractivity contribution >= 4 is 23.9 Å². The Bertz CT molecular complexity index is 293. The number of carbonyl (C=O) groups is 2. The quantitative estimate of drug-likeness (QED) is 0.420. The van der Waals surface area contributed by atoms with Crippen LogP contribution < -0.4 is 10.7 Å². The molecule has 2 heterocycles. The first-order chi connectivity index (χ1) is 5.29. The van der Waals surface area contributed by atoms with Crippen molar-refractivity contribution in [2.45, 2.75) is 6.04 Å².